The van der Waals surface area contributed by atoms with Gasteiger partial charge in [-0.3, -0.25) is 4.98 Å². The number of aromatic nitrogens is 1. The fourth-order valence-electron chi connectivity index (χ4n) is 1.09. The van der Waals surface area contributed by atoms with Crippen molar-refractivity contribution in [3.63, 3.8) is 0 Å². The van der Waals surface area contributed by atoms with Crippen LogP contribution in [0.3, 0.4) is 0 Å². The second-order valence-electron chi connectivity index (χ2n) is 2.73. The lowest BCUT2D eigenvalue weighted by Crippen LogP contribution is -2.18. The molecule has 0 atom stereocenters. The summed E-state index contributed by atoms with van der Waals surface area (Å²) in [7, 11) is 1.30. The molecule has 0 spiro atoms. The van der Waals surface area contributed by atoms with Crippen molar-refractivity contribution in [3.8, 4) is 5.75 Å². The van der Waals surface area contributed by atoms with Gasteiger partial charge in [0.15, 0.2) is 5.69 Å². The molecule has 5 heteroatoms. The number of nitrogens with zero attached hydrogens (tertiary/aromatic N) is 1. The number of rotatable bonds is 4. The van der Waals surface area contributed by atoms with Gasteiger partial charge in [-0.05, 0) is 12.1 Å². The molecule has 0 unspecified atom stereocenters. The molecular weight excluding hydrogens is 192 g/mol. The van der Waals surface area contributed by atoms with Crippen LogP contribution in [0.25, 0.3) is 0 Å². The maximum atomic E-state index is 13.3. The van der Waals surface area contributed by atoms with Crippen LogP contribution in [-0.2, 0) is 5.92 Å². The normalized spacial score (nSPS) is 11.4. The minimum atomic E-state index is -3.15. The van der Waals surface area contributed by atoms with Crippen LogP contribution in [0.15, 0.2) is 18.3 Å². The molecule has 0 aromatic carbocycles. The van der Waals surface area contributed by atoms with E-state index in [0.717, 1.165) is 0 Å². The molecule has 78 valence electrons. The van der Waals surface area contributed by atoms with Gasteiger partial charge < -0.3 is 9.84 Å². The van der Waals surface area contributed by atoms with Gasteiger partial charge in [0.2, 0.25) is 0 Å². The zero-order valence-electron chi connectivity index (χ0n) is 7.70. The number of halogens is 2. The molecule has 0 aliphatic carbocycles. The first kappa shape index (κ1) is 10.8. The Hall–Kier alpha value is -1.23. The minimum absolute atomic E-state index is 0.0333. The van der Waals surface area contributed by atoms with E-state index >= 15 is 0 Å². The second-order valence-corrected chi connectivity index (χ2v) is 2.73. The third kappa shape index (κ3) is 2.17. The summed E-state index contributed by atoms with van der Waals surface area (Å²) in [6.07, 6.45) is 0.615. The number of methoxy groups -OCH3 is 1. The fourth-order valence-corrected chi connectivity index (χ4v) is 1.09. The van der Waals surface area contributed by atoms with Gasteiger partial charge in [0.1, 0.15) is 5.75 Å². The molecule has 0 aliphatic rings. The highest BCUT2D eigenvalue weighted by Crippen LogP contribution is 2.35. The highest BCUT2D eigenvalue weighted by molar-refractivity contribution is 5.30. The number of aliphatic hydroxyl groups excluding tert-OH is 1. The number of hydrogen-bond acceptors (Lipinski definition) is 3. The van der Waals surface area contributed by atoms with Gasteiger partial charge in [0.05, 0.1) is 7.11 Å². The quantitative estimate of drug-likeness (QED) is 0.807. The first-order valence-corrected chi connectivity index (χ1v) is 4.10. The molecule has 0 bridgehead atoms. The molecule has 0 amide bonds. The van der Waals surface area contributed by atoms with Crippen LogP contribution in [0.1, 0.15) is 12.1 Å². The van der Waals surface area contributed by atoms with Gasteiger partial charge in [-0.15, -0.1) is 0 Å². The SMILES string of the molecule is COc1cccnc1C(F)(F)CCO. The van der Waals surface area contributed by atoms with E-state index in [1.54, 1.807) is 0 Å². The van der Waals surface area contributed by atoms with E-state index in [9.17, 15) is 8.78 Å². The van der Waals surface area contributed by atoms with E-state index < -0.39 is 24.6 Å². The molecule has 1 N–H and O–H groups in total. The highest BCUT2D eigenvalue weighted by atomic mass is 19.3. The van der Waals surface area contributed by atoms with Crippen molar-refractivity contribution in [2.24, 2.45) is 0 Å². The Morgan fingerprint density at radius 1 is 1.57 bits per heavy atom. The number of ether oxygens (including phenoxy) is 1. The van der Waals surface area contributed by atoms with Gasteiger partial charge in [-0.1, -0.05) is 0 Å². The van der Waals surface area contributed by atoms with Crippen molar-refractivity contribution >= 4 is 0 Å². The van der Waals surface area contributed by atoms with Crippen LogP contribution in [0.4, 0.5) is 8.78 Å². The van der Waals surface area contributed by atoms with Crippen LogP contribution in [0, 0.1) is 0 Å². The first-order chi connectivity index (χ1) is 6.61. The van der Waals surface area contributed by atoms with E-state index in [1.165, 1.54) is 25.4 Å². The lowest BCUT2D eigenvalue weighted by atomic mass is 10.1. The molecule has 0 saturated carbocycles. The van der Waals surface area contributed by atoms with Gasteiger partial charge >= 0.3 is 0 Å². The fraction of sp³-hybridized carbons (Fsp3) is 0.444. The number of aliphatic hydroxyl groups is 1. The minimum Gasteiger partial charge on any atom is -0.495 e. The van der Waals surface area contributed by atoms with Crippen molar-refractivity contribution in [1.29, 1.82) is 0 Å². The van der Waals surface area contributed by atoms with E-state index in [0.29, 0.717) is 0 Å². The molecule has 1 aromatic heterocycles. The van der Waals surface area contributed by atoms with Crippen molar-refractivity contribution in [2.45, 2.75) is 12.3 Å². The lowest BCUT2D eigenvalue weighted by Gasteiger charge is -2.16. The summed E-state index contributed by atoms with van der Waals surface area (Å²) in [6.45, 7) is -0.591. The topological polar surface area (TPSA) is 42.4 Å². The Morgan fingerprint density at radius 2 is 2.29 bits per heavy atom. The van der Waals surface area contributed by atoms with E-state index in [2.05, 4.69) is 4.98 Å². The van der Waals surface area contributed by atoms with E-state index in [-0.39, 0.29) is 5.75 Å². The summed E-state index contributed by atoms with van der Waals surface area (Å²) in [5, 5.41) is 8.48. The summed E-state index contributed by atoms with van der Waals surface area (Å²) >= 11 is 0. The van der Waals surface area contributed by atoms with Crippen LogP contribution < -0.4 is 4.74 Å². The largest absolute Gasteiger partial charge is 0.495 e. The maximum Gasteiger partial charge on any atom is 0.295 e. The van der Waals surface area contributed by atoms with Crippen LogP contribution >= 0.6 is 0 Å². The molecule has 0 radical (unpaired) electrons. The molecule has 1 aromatic rings. The van der Waals surface area contributed by atoms with Crippen LogP contribution in [-0.4, -0.2) is 23.8 Å². The monoisotopic (exact) mass is 203 g/mol. The first-order valence-electron chi connectivity index (χ1n) is 4.10. The average molecular weight is 203 g/mol. The predicted octanol–water partition coefficient (Wildman–Crippen LogP) is 1.56. The van der Waals surface area contributed by atoms with Gasteiger partial charge in [0.25, 0.3) is 5.92 Å². The summed E-state index contributed by atoms with van der Waals surface area (Å²) in [5.74, 6) is -3.12. The Balaban J connectivity index is 3.04. The summed E-state index contributed by atoms with van der Waals surface area (Å²) in [5.41, 5.74) is -0.434. The van der Waals surface area contributed by atoms with Crippen LogP contribution in [0.2, 0.25) is 0 Å². The predicted molar refractivity (Wildman–Crippen MR) is 46.4 cm³/mol. The lowest BCUT2D eigenvalue weighted by molar-refractivity contribution is -0.0329. The number of alkyl halides is 2. The average Bonchev–Trinajstić information content (AvgIpc) is 2.18. The number of hydrogen-bond donors (Lipinski definition) is 1. The molecule has 0 aliphatic heterocycles. The maximum absolute atomic E-state index is 13.3. The van der Waals surface area contributed by atoms with E-state index in [1.807, 2.05) is 0 Å². The zero-order chi connectivity index (χ0) is 10.6. The molecule has 0 saturated heterocycles. The van der Waals surface area contributed by atoms with Crippen LogP contribution in [0.5, 0.6) is 5.75 Å². The zero-order valence-corrected chi connectivity index (χ0v) is 7.70. The highest BCUT2D eigenvalue weighted by Gasteiger charge is 2.35. The summed E-state index contributed by atoms with van der Waals surface area (Å²) in [4.78, 5) is 3.55. The van der Waals surface area contributed by atoms with Crippen molar-refractivity contribution in [2.75, 3.05) is 13.7 Å². The summed E-state index contributed by atoms with van der Waals surface area (Å²) in [6, 6.07) is 2.92. The van der Waals surface area contributed by atoms with Gasteiger partial charge in [0, 0.05) is 19.2 Å². The Morgan fingerprint density at radius 3 is 2.86 bits per heavy atom. The Kier molecular flexibility index (Phi) is 3.35. The van der Waals surface area contributed by atoms with Crippen molar-refractivity contribution < 1.29 is 18.6 Å². The molecule has 0 fully saturated rings. The van der Waals surface area contributed by atoms with Gasteiger partial charge in [-0.2, -0.15) is 8.78 Å². The standard InChI is InChI=1S/C9H11F2NO2/c1-14-7-3-2-5-12-8(7)9(10,11)4-6-13/h2-3,5,13H,4,6H2,1H3. The van der Waals surface area contributed by atoms with E-state index in [4.69, 9.17) is 9.84 Å². The molecule has 1 heterocycles. The Labute approximate surface area is 80.3 Å². The number of pyridine rings is 1. The van der Waals surface area contributed by atoms with Crippen molar-refractivity contribution in [3.05, 3.63) is 24.0 Å². The molecule has 3 nitrogen and oxygen atoms in total. The third-order valence-corrected chi connectivity index (χ3v) is 1.76. The summed E-state index contributed by atoms with van der Waals surface area (Å²) < 4.78 is 31.4. The molecule has 1 rings (SSSR count). The van der Waals surface area contributed by atoms with Crippen molar-refractivity contribution in [1.82, 2.24) is 4.98 Å². The molecular formula is C9H11F2NO2. The third-order valence-electron chi connectivity index (χ3n) is 1.76. The van der Waals surface area contributed by atoms with Gasteiger partial charge in [-0.25, -0.2) is 0 Å². The second kappa shape index (κ2) is 4.32. The smallest absolute Gasteiger partial charge is 0.295 e. The Bertz CT molecular complexity index is 305. The molecule has 14 heavy (non-hydrogen) atoms.